The van der Waals surface area contributed by atoms with Gasteiger partial charge in [-0.25, -0.2) is 8.42 Å². The number of aryl methyl sites for hydroxylation is 1. The van der Waals surface area contributed by atoms with Crippen LogP contribution >= 0.6 is 0 Å². The highest BCUT2D eigenvalue weighted by atomic mass is 32.2. The summed E-state index contributed by atoms with van der Waals surface area (Å²) in [6.07, 6.45) is 0.340. The number of aliphatic carboxylic acids is 1. The van der Waals surface area contributed by atoms with Gasteiger partial charge in [0, 0.05) is 13.1 Å². The van der Waals surface area contributed by atoms with Crippen LogP contribution in [-0.2, 0) is 19.6 Å². The molecule has 2 rings (SSSR count). The first kappa shape index (κ1) is 21.4. The van der Waals surface area contributed by atoms with E-state index in [1.807, 2.05) is 20.8 Å². The summed E-state index contributed by atoms with van der Waals surface area (Å²) in [5.74, 6) is -1.99. The SMILES string of the molecule is Cc1ccc(S(=O)(=O)NC(CC(C)C)C(=O)N2C[C@@H](C)[C@H](C(=O)O)C2)cc1. The van der Waals surface area contributed by atoms with Crippen molar-refractivity contribution in [2.24, 2.45) is 17.8 Å². The van der Waals surface area contributed by atoms with Crippen LogP contribution in [0.1, 0.15) is 32.8 Å². The van der Waals surface area contributed by atoms with E-state index < -0.39 is 28.0 Å². The maximum Gasteiger partial charge on any atom is 0.308 e. The minimum atomic E-state index is -3.85. The summed E-state index contributed by atoms with van der Waals surface area (Å²) >= 11 is 0. The second-order valence-electron chi connectivity index (χ2n) is 7.78. The van der Waals surface area contributed by atoms with Crippen molar-refractivity contribution in [2.45, 2.75) is 45.1 Å². The minimum Gasteiger partial charge on any atom is -0.481 e. The van der Waals surface area contributed by atoms with Gasteiger partial charge in [0.1, 0.15) is 6.04 Å². The number of amides is 1. The zero-order chi connectivity index (χ0) is 20.4. The molecule has 1 aliphatic rings. The van der Waals surface area contributed by atoms with Crippen molar-refractivity contribution in [2.75, 3.05) is 13.1 Å². The van der Waals surface area contributed by atoms with Gasteiger partial charge in [-0.05, 0) is 37.3 Å². The van der Waals surface area contributed by atoms with Crippen molar-refractivity contribution in [3.05, 3.63) is 29.8 Å². The predicted molar refractivity (Wildman–Crippen MR) is 102 cm³/mol. The topological polar surface area (TPSA) is 104 Å². The standard InChI is InChI=1S/C19H28N2O5S/c1-12(2)9-17(18(22)21-10-14(4)16(11-21)19(23)24)20-27(25,26)15-7-5-13(3)6-8-15/h5-8,12,14,16-17,20H,9-11H2,1-4H3,(H,23,24)/t14-,16-,17?/m1/s1. The Balaban J connectivity index is 2.21. The summed E-state index contributed by atoms with van der Waals surface area (Å²) in [5.41, 5.74) is 0.939. The Labute approximate surface area is 160 Å². The zero-order valence-corrected chi connectivity index (χ0v) is 17.0. The van der Waals surface area contributed by atoms with Gasteiger partial charge in [0.2, 0.25) is 15.9 Å². The van der Waals surface area contributed by atoms with Gasteiger partial charge in [0.15, 0.2) is 0 Å². The largest absolute Gasteiger partial charge is 0.481 e. The lowest BCUT2D eigenvalue weighted by molar-refractivity contribution is -0.142. The maximum atomic E-state index is 13.0. The number of nitrogens with zero attached hydrogens (tertiary/aromatic N) is 1. The molecule has 1 heterocycles. The Morgan fingerprint density at radius 2 is 1.81 bits per heavy atom. The van der Waals surface area contributed by atoms with Crippen LogP contribution in [0.15, 0.2) is 29.2 Å². The lowest BCUT2D eigenvalue weighted by Crippen LogP contribution is -2.48. The van der Waals surface area contributed by atoms with E-state index in [2.05, 4.69) is 4.72 Å². The third kappa shape index (κ3) is 5.29. The van der Waals surface area contributed by atoms with E-state index in [4.69, 9.17) is 0 Å². The Morgan fingerprint density at radius 3 is 2.30 bits per heavy atom. The van der Waals surface area contributed by atoms with E-state index in [1.165, 1.54) is 17.0 Å². The Bertz CT molecular complexity index is 789. The smallest absolute Gasteiger partial charge is 0.308 e. The average Bonchev–Trinajstić information content (AvgIpc) is 2.95. The number of hydrogen-bond acceptors (Lipinski definition) is 4. The van der Waals surface area contributed by atoms with Gasteiger partial charge in [-0.1, -0.05) is 38.5 Å². The molecule has 1 amide bonds. The van der Waals surface area contributed by atoms with Gasteiger partial charge >= 0.3 is 5.97 Å². The molecular weight excluding hydrogens is 368 g/mol. The molecule has 0 radical (unpaired) electrons. The monoisotopic (exact) mass is 396 g/mol. The van der Waals surface area contributed by atoms with Crippen LogP contribution in [0.25, 0.3) is 0 Å². The number of carbonyl (C=O) groups excluding carboxylic acids is 1. The molecule has 2 N–H and O–H groups in total. The van der Waals surface area contributed by atoms with Crippen LogP contribution in [0.3, 0.4) is 0 Å². The van der Waals surface area contributed by atoms with Crippen LogP contribution < -0.4 is 4.72 Å². The molecule has 0 bridgehead atoms. The fraction of sp³-hybridized carbons (Fsp3) is 0.579. The van der Waals surface area contributed by atoms with E-state index in [1.54, 1.807) is 19.1 Å². The summed E-state index contributed by atoms with van der Waals surface area (Å²) in [6.45, 7) is 7.90. The number of benzene rings is 1. The van der Waals surface area contributed by atoms with Gasteiger partial charge in [-0.3, -0.25) is 9.59 Å². The van der Waals surface area contributed by atoms with E-state index >= 15 is 0 Å². The van der Waals surface area contributed by atoms with Gasteiger partial charge < -0.3 is 10.0 Å². The molecule has 27 heavy (non-hydrogen) atoms. The van der Waals surface area contributed by atoms with Crippen molar-refractivity contribution in [3.8, 4) is 0 Å². The normalized spacial score (nSPS) is 21.4. The van der Waals surface area contributed by atoms with E-state index in [-0.39, 0.29) is 29.2 Å². The number of rotatable bonds is 7. The number of nitrogens with one attached hydrogen (secondary N) is 1. The number of hydrogen-bond donors (Lipinski definition) is 2. The average molecular weight is 397 g/mol. The molecule has 1 unspecified atom stereocenters. The van der Waals surface area contributed by atoms with Gasteiger partial charge in [-0.15, -0.1) is 0 Å². The summed E-state index contributed by atoms with van der Waals surface area (Å²) in [5, 5.41) is 9.28. The van der Waals surface area contributed by atoms with Crippen LogP contribution in [0.2, 0.25) is 0 Å². The molecule has 3 atom stereocenters. The molecule has 0 saturated carbocycles. The molecule has 1 aliphatic heterocycles. The van der Waals surface area contributed by atoms with E-state index in [0.29, 0.717) is 13.0 Å². The fourth-order valence-corrected chi connectivity index (χ4v) is 4.53. The van der Waals surface area contributed by atoms with Crippen molar-refractivity contribution in [3.63, 3.8) is 0 Å². The molecule has 1 aromatic carbocycles. The highest BCUT2D eigenvalue weighted by molar-refractivity contribution is 7.89. The fourth-order valence-electron chi connectivity index (χ4n) is 3.33. The molecule has 7 nitrogen and oxygen atoms in total. The predicted octanol–water partition coefficient (Wildman–Crippen LogP) is 1.87. The molecule has 1 aromatic rings. The second-order valence-corrected chi connectivity index (χ2v) is 9.50. The van der Waals surface area contributed by atoms with Crippen LogP contribution in [0.5, 0.6) is 0 Å². The molecule has 0 spiro atoms. The number of carboxylic acids is 1. The quantitative estimate of drug-likeness (QED) is 0.732. The molecule has 1 saturated heterocycles. The van der Waals surface area contributed by atoms with E-state index in [0.717, 1.165) is 5.56 Å². The first-order valence-electron chi connectivity index (χ1n) is 9.12. The first-order chi connectivity index (χ1) is 12.5. The first-order valence-corrected chi connectivity index (χ1v) is 10.6. The Hall–Kier alpha value is -1.93. The lowest BCUT2D eigenvalue weighted by atomic mass is 9.99. The lowest BCUT2D eigenvalue weighted by Gasteiger charge is -2.25. The van der Waals surface area contributed by atoms with Gasteiger partial charge in [0.05, 0.1) is 10.8 Å². The highest BCUT2D eigenvalue weighted by Crippen LogP contribution is 2.25. The van der Waals surface area contributed by atoms with E-state index in [9.17, 15) is 23.1 Å². The highest BCUT2D eigenvalue weighted by Gasteiger charge is 2.40. The summed E-state index contributed by atoms with van der Waals surface area (Å²) in [7, 11) is -3.85. The molecule has 8 heteroatoms. The summed E-state index contributed by atoms with van der Waals surface area (Å²) in [4.78, 5) is 25.9. The minimum absolute atomic E-state index is 0.0926. The molecular formula is C19H28N2O5S. The summed E-state index contributed by atoms with van der Waals surface area (Å²) in [6, 6.07) is 5.50. The number of carboxylic acid groups (broad SMARTS) is 1. The van der Waals surface area contributed by atoms with Gasteiger partial charge in [0.25, 0.3) is 0 Å². The number of likely N-dealkylation sites (tertiary alicyclic amines) is 1. The Morgan fingerprint density at radius 1 is 1.22 bits per heavy atom. The molecule has 0 aliphatic carbocycles. The van der Waals surface area contributed by atoms with Crippen molar-refractivity contribution in [1.29, 1.82) is 0 Å². The zero-order valence-electron chi connectivity index (χ0n) is 16.2. The van der Waals surface area contributed by atoms with Crippen LogP contribution in [-0.4, -0.2) is 49.4 Å². The van der Waals surface area contributed by atoms with Crippen LogP contribution in [0.4, 0.5) is 0 Å². The van der Waals surface area contributed by atoms with Crippen molar-refractivity contribution in [1.82, 2.24) is 9.62 Å². The summed E-state index contributed by atoms with van der Waals surface area (Å²) < 4.78 is 28.0. The molecule has 0 aromatic heterocycles. The Kier molecular flexibility index (Phi) is 6.64. The molecule has 150 valence electrons. The van der Waals surface area contributed by atoms with Crippen molar-refractivity contribution < 1.29 is 23.1 Å². The van der Waals surface area contributed by atoms with Crippen LogP contribution in [0, 0.1) is 24.7 Å². The van der Waals surface area contributed by atoms with Gasteiger partial charge in [-0.2, -0.15) is 4.72 Å². The maximum absolute atomic E-state index is 13.0. The third-order valence-electron chi connectivity index (χ3n) is 4.88. The molecule has 1 fully saturated rings. The number of sulfonamides is 1. The third-order valence-corrected chi connectivity index (χ3v) is 6.36. The second kappa shape index (κ2) is 8.39. The number of carbonyl (C=O) groups is 2. The van der Waals surface area contributed by atoms with Crippen molar-refractivity contribution >= 4 is 21.9 Å².